The molecule has 49 heavy (non-hydrogen) atoms. The zero-order valence-corrected chi connectivity index (χ0v) is 31.4. The van der Waals surface area contributed by atoms with Crippen LogP contribution in [0.5, 0.6) is 0 Å². The molecule has 0 radical (unpaired) electrons. The minimum atomic E-state index is -4.76. The van der Waals surface area contributed by atoms with Crippen molar-refractivity contribution in [3.05, 3.63) is 48.6 Å². The Kier molecular flexibility index (Phi) is 28.2. The number of carbonyl (C=O) groups excluding carboxylic acids is 2. The molecule has 0 saturated carbocycles. The summed E-state index contributed by atoms with van der Waals surface area (Å²) in [6.07, 6.45) is 38.6. The number of allylic oxidation sites excluding steroid dienone is 7. The van der Waals surface area contributed by atoms with Gasteiger partial charge in [-0.15, -0.1) is 0 Å². The van der Waals surface area contributed by atoms with E-state index in [1.807, 2.05) is 0 Å². The Morgan fingerprint density at radius 3 is 1.88 bits per heavy atom. The van der Waals surface area contributed by atoms with Crippen LogP contribution < -0.4 is 0 Å². The highest BCUT2D eigenvalue weighted by molar-refractivity contribution is 7.46. The van der Waals surface area contributed by atoms with Crippen LogP contribution in [0, 0.1) is 0 Å². The fraction of sp³-hybridized carbons (Fsp3) is 0.744. The highest BCUT2D eigenvalue weighted by atomic mass is 31.2. The lowest BCUT2D eigenvalue weighted by molar-refractivity contribution is -0.161. The van der Waals surface area contributed by atoms with Gasteiger partial charge in [0, 0.05) is 12.8 Å². The van der Waals surface area contributed by atoms with Gasteiger partial charge < -0.3 is 24.0 Å². The van der Waals surface area contributed by atoms with Crippen LogP contribution in [0.1, 0.15) is 155 Å². The van der Waals surface area contributed by atoms with Gasteiger partial charge in [0.15, 0.2) is 6.10 Å². The molecule has 9 nitrogen and oxygen atoms in total. The van der Waals surface area contributed by atoms with Crippen molar-refractivity contribution in [3.63, 3.8) is 0 Å². The molecular formula is C39H67O9P. The number of esters is 2. The first-order valence-corrected chi connectivity index (χ1v) is 20.6. The molecule has 0 bridgehead atoms. The number of hydrogen-bond donors (Lipinski definition) is 2. The predicted molar refractivity (Wildman–Crippen MR) is 197 cm³/mol. The summed E-state index contributed by atoms with van der Waals surface area (Å²) in [5.74, 6) is -0.930. The van der Waals surface area contributed by atoms with Gasteiger partial charge in [-0.3, -0.25) is 14.1 Å². The van der Waals surface area contributed by atoms with Crippen molar-refractivity contribution in [1.82, 2.24) is 0 Å². The smallest absolute Gasteiger partial charge is 0.462 e. The summed E-state index contributed by atoms with van der Waals surface area (Å²) in [5, 5.41) is 0. The minimum Gasteiger partial charge on any atom is -0.462 e. The van der Waals surface area contributed by atoms with E-state index in [2.05, 4.69) is 67.0 Å². The number of epoxide rings is 1. The van der Waals surface area contributed by atoms with E-state index in [4.69, 9.17) is 24.0 Å². The van der Waals surface area contributed by atoms with Crippen molar-refractivity contribution in [2.24, 2.45) is 0 Å². The Labute approximate surface area is 297 Å². The van der Waals surface area contributed by atoms with Gasteiger partial charge in [-0.1, -0.05) is 120 Å². The molecule has 0 aliphatic carbocycles. The Bertz CT molecular complexity index is 1000. The van der Waals surface area contributed by atoms with Crippen molar-refractivity contribution >= 4 is 19.8 Å². The summed E-state index contributed by atoms with van der Waals surface area (Å²) < 4.78 is 32.0. The molecule has 0 aromatic heterocycles. The van der Waals surface area contributed by atoms with Gasteiger partial charge in [0.05, 0.1) is 18.8 Å². The molecule has 1 saturated heterocycles. The number of carbonyl (C=O) groups is 2. The molecule has 0 amide bonds. The summed E-state index contributed by atoms with van der Waals surface area (Å²) in [7, 11) is -4.76. The average molecular weight is 711 g/mol. The van der Waals surface area contributed by atoms with Crippen LogP contribution in [0.3, 0.4) is 0 Å². The van der Waals surface area contributed by atoms with Crippen molar-refractivity contribution in [3.8, 4) is 0 Å². The van der Waals surface area contributed by atoms with Crippen LogP contribution in [0.15, 0.2) is 48.6 Å². The molecule has 10 heteroatoms. The first kappa shape index (κ1) is 45.0. The highest BCUT2D eigenvalue weighted by Gasteiger charge is 2.36. The molecule has 1 aliphatic rings. The maximum atomic E-state index is 12.4. The van der Waals surface area contributed by atoms with Crippen molar-refractivity contribution in [2.45, 2.75) is 173 Å². The van der Waals surface area contributed by atoms with Crippen LogP contribution in [0.4, 0.5) is 0 Å². The number of hydrogen-bond acceptors (Lipinski definition) is 7. The van der Waals surface area contributed by atoms with Gasteiger partial charge in [0.1, 0.15) is 6.61 Å². The lowest BCUT2D eigenvalue weighted by atomic mass is 10.1. The quantitative estimate of drug-likeness (QED) is 0.0224. The Hall–Kier alpha value is -2.03. The minimum absolute atomic E-state index is 0.185. The molecular weight excluding hydrogens is 643 g/mol. The second kappa shape index (κ2) is 30.8. The summed E-state index contributed by atoms with van der Waals surface area (Å²) in [6.45, 7) is 3.50. The van der Waals surface area contributed by atoms with Crippen LogP contribution in [0.25, 0.3) is 0 Å². The second-order valence-electron chi connectivity index (χ2n) is 12.9. The molecule has 2 N–H and O–H groups in total. The standard InChI is InChI=1S/C39H67O9P/c1-3-5-7-8-9-10-11-12-13-14-15-16-20-23-27-31-38(40)45-33-35(34-46-49(42,43)44)47-39(41)32-28-24-21-18-17-19-22-26-30-37-36(48-37)29-25-6-4-2/h5,7,9-10,12-13,22,26,35-37H,3-4,6,8,11,14-21,23-25,27-34H2,1-2H3,(H2,42,43,44)/b7-5-,10-9-,13-12-,26-22-/t35-,36?,37?/m1/s1. The van der Waals surface area contributed by atoms with Gasteiger partial charge in [0.25, 0.3) is 0 Å². The summed E-state index contributed by atoms with van der Waals surface area (Å²) >= 11 is 0. The normalized spacial score (nSPS) is 17.1. The average Bonchev–Trinajstić information content (AvgIpc) is 3.82. The second-order valence-corrected chi connectivity index (χ2v) is 14.1. The Morgan fingerprint density at radius 2 is 1.24 bits per heavy atom. The molecule has 0 aromatic rings. The molecule has 1 rings (SSSR count). The third-order valence-electron chi connectivity index (χ3n) is 8.26. The number of phosphoric acid groups is 1. The zero-order valence-electron chi connectivity index (χ0n) is 30.5. The van der Waals surface area contributed by atoms with Crippen LogP contribution in [-0.4, -0.2) is 53.3 Å². The molecule has 0 spiro atoms. The first-order valence-electron chi connectivity index (χ1n) is 19.1. The Balaban J connectivity index is 2.10. The van der Waals surface area contributed by atoms with E-state index in [0.717, 1.165) is 89.9 Å². The van der Waals surface area contributed by atoms with Crippen molar-refractivity contribution in [2.75, 3.05) is 13.2 Å². The lowest BCUT2D eigenvalue weighted by Gasteiger charge is -2.18. The SMILES string of the molecule is CC/C=C\C/C=C\C/C=C\CCCCCCCC(=O)OC[C@H](COP(=O)(O)O)OC(=O)CCCCCCC/C=C\CC1OC1CCCCC. The molecule has 1 fully saturated rings. The fourth-order valence-corrected chi connectivity index (χ4v) is 5.69. The van der Waals surface area contributed by atoms with Crippen molar-refractivity contribution in [1.29, 1.82) is 0 Å². The van der Waals surface area contributed by atoms with Gasteiger partial charge in [-0.2, -0.15) is 0 Å². The number of phosphoric ester groups is 1. The zero-order chi connectivity index (χ0) is 35.8. The van der Waals surface area contributed by atoms with E-state index in [0.29, 0.717) is 25.0 Å². The van der Waals surface area contributed by atoms with Gasteiger partial charge >= 0.3 is 19.8 Å². The maximum Gasteiger partial charge on any atom is 0.469 e. The summed E-state index contributed by atoms with van der Waals surface area (Å²) in [4.78, 5) is 42.7. The topological polar surface area (TPSA) is 132 Å². The summed E-state index contributed by atoms with van der Waals surface area (Å²) in [6, 6.07) is 0. The molecule has 3 atom stereocenters. The van der Waals surface area contributed by atoms with Gasteiger partial charge in [-0.25, -0.2) is 4.57 Å². The molecule has 2 unspecified atom stereocenters. The molecule has 0 aromatic carbocycles. The van der Waals surface area contributed by atoms with Gasteiger partial charge in [0.2, 0.25) is 0 Å². The van der Waals surface area contributed by atoms with E-state index >= 15 is 0 Å². The number of ether oxygens (including phenoxy) is 3. The number of unbranched alkanes of at least 4 members (excludes halogenated alkanes) is 12. The lowest BCUT2D eigenvalue weighted by Crippen LogP contribution is -2.29. The monoisotopic (exact) mass is 710 g/mol. The first-order chi connectivity index (χ1) is 23.7. The van der Waals surface area contributed by atoms with E-state index in [1.165, 1.54) is 25.7 Å². The molecule has 1 heterocycles. The van der Waals surface area contributed by atoms with E-state index in [-0.39, 0.29) is 19.4 Å². The van der Waals surface area contributed by atoms with E-state index < -0.39 is 32.5 Å². The number of rotatable bonds is 33. The maximum absolute atomic E-state index is 12.4. The van der Waals surface area contributed by atoms with Crippen LogP contribution in [0.2, 0.25) is 0 Å². The third kappa shape index (κ3) is 30.5. The molecule has 282 valence electrons. The molecule has 1 aliphatic heterocycles. The third-order valence-corrected chi connectivity index (χ3v) is 8.74. The van der Waals surface area contributed by atoms with Crippen LogP contribution >= 0.6 is 7.82 Å². The summed E-state index contributed by atoms with van der Waals surface area (Å²) in [5.41, 5.74) is 0. The van der Waals surface area contributed by atoms with Crippen LogP contribution in [-0.2, 0) is 32.9 Å². The fourth-order valence-electron chi connectivity index (χ4n) is 5.33. The van der Waals surface area contributed by atoms with E-state index in [1.54, 1.807) is 0 Å². The Morgan fingerprint density at radius 1 is 0.673 bits per heavy atom. The van der Waals surface area contributed by atoms with E-state index in [9.17, 15) is 14.2 Å². The predicted octanol–water partition coefficient (Wildman–Crippen LogP) is 10.2. The van der Waals surface area contributed by atoms with Crippen molar-refractivity contribution < 1.29 is 42.7 Å². The van der Waals surface area contributed by atoms with Gasteiger partial charge in [-0.05, 0) is 70.6 Å². The highest BCUT2D eigenvalue weighted by Crippen LogP contribution is 2.36. The largest absolute Gasteiger partial charge is 0.469 e.